The Labute approximate surface area is 118 Å². The molecule has 1 aromatic carbocycles. The topological polar surface area (TPSA) is 55.9 Å². The molecule has 0 spiro atoms. The molecule has 0 radical (unpaired) electrons. The minimum atomic E-state index is -4.46. The maximum atomic E-state index is 12.6. The van der Waals surface area contributed by atoms with Crippen LogP contribution in [0.15, 0.2) is 30.3 Å². The molecule has 1 aromatic heterocycles. The first-order valence-corrected chi connectivity index (χ1v) is 5.99. The molecule has 106 valence electrons. The molecule has 2 rings (SSSR count). The van der Waals surface area contributed by atoms with Crippen LogP contribution in [0.5, 0.6) is 0 Å². The van der Waals surface area contributed by atoms with Crippen molar-refractivity contribution in [3.05, 3.63) is 41.7 Å². The Kier molecular flexibility index (Phi) is 3.67. The summed E-state index contributed by atoms with van der Waals surface area (Å²) in [5.74, 6) is 0. The highest BCUT2D eigenvalue weighted by atomic mass is 32.1. The number of rotatable bonds is 2. The van der Waals surface area contributed by atoms with Crippen molar-refractivity contribution in [3.8, 4) is 5.69 Å². The Balaban J connectivity index is 2.32. The van der Waals surface area contributed by atoms with Crippen LogP contribution in [-0.2, 0) is 6.18 Å². The van der Waals surface area contributed by atoms with Crippen LogP contribution >= 0.6 is 12.2 Å². The summed E-state index contributed by atoms with van der Waals surface area (Å²) in [4.78, 5) is 0. The first-order chi connectivity index (χ1) is 9.27. The van der Waals surface area contributed by atoms with E-state index in [0.29, 0.717) is 17.1 Å². The molecule has 0 saturated carbocycles. The number of thiocarbonyl (C=S) groups is 1. The van der Waals surface area contributed by atoms with E-state index in [4.69, 9.17) is 18.0 Å². The Morgan fingerprint density at radius 2 is 1.90 bits per heavy atom. The summed E-state index contributed by atoms with van der Waals surface area (Å²) in [5, 5.41) is 6.41. The Morgan fingerprint density at radius 1 is 1.30 bits per heavy atom. The van der Waals surface area contributed by atoms with E-state index in [1.165, 1.54) is 4.68 Å². The second-order valence-electron chi connectivity index (χ2n) is 4.12. The summed E-state index contributed by atoms with van der Waals surface area (Å²) in [6.07, 6.45) is -4.46. The van der Waals surface area contributed by atoms with Gasteiger partial charge in [-0.25, -0.2) is 4.68 Å². The van der Waals surface area contributed by atoms with Gasteiger partial charge in [-0.1, -0.05) is 0 Å². The molecular formula is C12H11F3N4S. The van der Waals surface area contributed by atoms with E-state index in [1.807, 2.05) is 0 Å². The zero-order valence-corrected chi connectivity index (χ0v) is 11.2. The average Bonchev–Trinajstić information content (AvgIpc) is 2.71. The standard InChI is InChI=1S/C12H11F3N4S/c1-7-6-10(12(13,14)15)18-19(7)9-4-2-8(3-5-9)17-11(16)20/h2-6H,1H3,(H3,16,17,20). The van der Waals surface area contributed by atoms with E-state index in [1.54, 1.807) is 31.2 Å². The molecule has 0 fully saturated rings. The highest BCUT2D eigenvalue weighted by molar-refractivity contribution is 7.80. The van der Waals surface area contributed by atoms with Gasteiger partial charge in [0.25, 0.3) is 0 Å². The first kappa shape index (κ1) is 14.3. The summed E-state index contributed by atoms with van der Waals surface area (Å²) in [7, 11) is 0. The van der Waals surface area contributed by atoms with Crippen molar-refractivity contribution in [3.63, 3.8) is 0 Å². The smallest absolute Gasteiger partial charge is 0.376 e. The van der Waals surface area contributed by atoms with Crippen molar-refractivity contribution in [1.82, 2.24) is 9.78 Å². The first-order valence-electron chi connectivity index (χ1n) is 5.58. The van der Waals surface area contributed by atoms with Crippen molar-refractivity contribution in [2.45, 2.75) is 13.1 Å². The van der Waals surface area contributed by atoms with E-state index in [-0.39, 0.29) is 5.11 Å². The number of halogens is 3. The fraction of sp³-hybridized carbons (Fsp3) is 0.167. The molecule has 8 heteroatoms. The van der Waals surface area contributed by atoms with E-state index < -0.39 is 11.9 Å². The zero-order valence-electron chi connectivity index (χ0n) is 10.4. The van der Waals surface area contributed by atoms with Crippen LogP contribution < -0.4 is 11.1 Å². The predicted octanol–water partition coefficient (Wildman–Crippen LogP) is 2.86. The molecular weight excluding hydrogens is 289 g/mol. The number of nitrogens with two attached hydrogens (primary N) is 1. The van der Waals surface area contributed by atoms with Gasteiger partial charge in [0.05, 0.1) is 5.69 Å². The van der Waals surface area contributed by atoms with Crippen LogP contribution in [0, 0.1) is 6.92 Å². The van der Waals surface area contributed by atoms with Crippen molar-refractivity contribution in [2.75, 3.05) is 5.32 Å². The number of nitrogens with zero attached hydrogens (tertiary/aromatic N) is 2. The number of hydrogen-bond acceptors (Lipinski definition) is 2. The number of alkyl halides is 3. The van der Waals surface area contributed by atoms with E-state index in [0.717, 1.165) is 6.07 Å². The Morgan fingerprint density at radius 3 is 2.35 bits per heavy atom. The van der Waals surface area contributed by atoms with Gasteiger partial charge in [0.2, 0.25) is 0 Å². The van der Waals surface area contributed by atoms with Crippen LogP contribution in [0.3, 0.4) is 0 Å². The van der Waals surface area contributed by atoms with Crippen LogP contribution in [0.1, 0.15) is 11.4 Å². The fourth-order valence-corrected chi connectivity index (χ4v) is 1.82. The number of aromatic nitrogens is 2. The lowest BCUT2D eigenvalue weighted by Gasteiger charge is -2.07. The molecule has 3 N–H and O–H groups in total. The molecule has 4 nitrogen and oxygen atoms in total. The van der Waals surface area contributed by atoms with Gasteiger partial charge in [-0.2, -0.15) is 18.3 Å². The SMILES string of the molecule is Cc1cc(C(F)(F)F)nn1-c1ccc(NC(N)=S)cc1. The summed E-state index contributed by atoms with van der Waals surface area (Å²) in [5.41, 5.74) is 5.98. The molecule has 0 amide bonds. The largest absolute Gasteiger partial charge is 0.435 e. The second kappa shape index (κ2) is 5.12. The van der Waals surface area contributed by atoms with Gasteiger partial charge in [0.1, 0.15) is 0 Å². The monoisotopic (exact) mass is 300 g/mol. The number of benzene rings is 1. The third-order valence-corrected chi connectivity index (χ3v) is 2.66. The molecule has 2 aromatic rings. The van der Waals surface area contributed by atoms with E-state index >= 15 is 0 Å². The van der Waals surface area contributed by atoms with E-state index in [9.17, 15) is 13.2 Å². The Bertz CT molecular complexity index is 631. The number of aryl methyl sites for hydroxylation is 1. The molecule has 1 heterocycles. The lowest BCUT2D eigenvalue weighted by molar-refractivity contribution is -0.141. The molecule has 0 aliphatic heterocycles. The van der Waals surface area contributed by atoms with Gasteiger partial charge in [0.15, 0.2) is 10.8 Å². The minimum Gasteiger partial charge on any atom is -0.376 e. The zero-order chi connectivity index (χ0) is 14.9. The maximum absolute atomic E-state index is 12.6. The van der Waals surface area contributed by atoms with Gasteiger partial charge in [-0.15, -0.1) is 0 Å². The summed E-state index contributed by atoms with van der Waals surface area (Å²) in [6, 6.07) is 7.56. The molecule has 0 aliphatic carbocycles. The normalized spacial score (nSPS) is 11.4. The molecule has 0 atom stereocenters. The highest BCUT2D eigenvalue weighted by Gasteiger charge is 2.34. The van der Waals surface area contributed by atoms with E-state index in [2.05, 4.69) is 10.4 Å². The van der Waals surface area contributed by atoms with Crippen molar-refractivity contribution in [1.29, 1.82) is 0 Å². The second-order valence-corrected chi connectivity index (χ2v) is 4.56. The Hall–Kier alpha value is -2.09. The quantitative estimate of drug-likeness (QED) is 0.837. The summed E-state index contributed by atoms with van der Waals surface area (Å²) >= 11 is 4.69. The van der Waals surface area contributed by atoms with Crippen LogP contribution in [0.25, 0.3) is 5.69 Å². The van der Waals surface area contributed by atoms with Crippen LogP contribution in [0.4, 0.5) is 18.9 Å². The van der Waals surface area contributed by atoms with Crippen molar-refractivity contribution >= 4 is 23.0 Å². The third-order valence-electron chi connectivity index (χ3n) is 2.56. The molecule has 20 heavy (non-hydrogen) atoms. The molecule has 0 unspecified atom stereocenters. The van der Waals surface area contributed by atoms with Crippen LogP contribution in [-0.4, -0.2) is 14.9 Å². The molecule has 0 aliphatic rings. The van der Waals surface area contributed by atoms with Crippen LogP contribution in [0.2, 0.25) is 0 Å². The van der Waals surface area contributed by atoms with Crippen molar-refractivity contribution in [2.24, 2.45) is 5.73 Å². The summed E-state index contributed by atoms with van der Waals surface area (Å²) < 4.78 is 39.0. The average molecular weight is 300 g/mol. The molecule has 0 saturated heterocycles. The third kappa shape index (κ3) is 3.08. The lowest BCUT2D eigenvalue weighted by Crippen LogP contribution is -2.18. The van der Waals surface area contributed by atoms with Crippen molar-refractivity contribution < 1.29 is 13.2 Å². The highest BCUT2D eigenvalue weighted by Crippen LogP contribution is 2.29. The summed E-state index contributed by atoms with van der Waals surface area (Å²) in [6.45, 7) is 1.56. The van der Waals surface area contributed by atoms with Gasteiger partial charge >= 0.3 is 6.18 Å². The minimum absolute atomic E-state index is 0.118. The number of hydrogen-bond donors (Lipinski definition) is 2. The van der Waals surface area contributed by atoms with Gasteiger partial charge in [0, 0.05) is 11.4 Å². The number of nitrogens with one attached hydrogen (secondary N) is 1. The fourth-order valence-electron chi connectivity index (χ4n) is 1.70. The van der Waals surface area contributed by atoms with Gasteiger partial charge in [-0.3, -0.25) is 0 Å². The molecule has 0 bridgehead atoms. The van der Waals surface area contributed by atoms with Gasteiger partial charge in [-0.05, 0) is 49.5 Å². The lowest BCUT2D eigenvalue weighted by atomic mass is 10.2. The predicted molar refractivity (Wildman–Crippen MR) is 73.7 cm³/mol. The maximum Gasteiger partial charge on any atom is 0.435 e. The number of anilines is 1. The van der Waals surface area contributed by atoms with Gasteiger partial charge < -0.3 is 11.1 Å².